The van der Waals surface area contributed by atoms with Gasteiger partial charge < -0.3 is 14.8 Å². The van der Waals surface area contributed by atoms with E-state index in [0.29, 0.717) is 35.7 Å². The monoisotopic (exact) mass is 320 g/mol. The summed E-state index contributed by atoms with van der Waals surface area (Å²) in [5, 5.41) is 14.2. The topological polar surface area (TPSA) is 92.4 Å². The number of carbonyl (C=O) groups is 2. The lowest BCUT2D eigenvalue weighted by Crippen LogP contribution is -2.33. The lowest BCUT2D eigenvalue weighted by atomic mass is 10.1. The highest BCUT2D eigenvalue weighted by Gasteiger charge is 2.31. The summed E-state index contributed by atoms with van der Waals surface area (Å²) in [6.45, 7) is 1.85. The zero-order valence-electron chi connectivity index (χ0n) is 12.0. The summed E-state index contributed by atoms with van der Waals surface area (Å²) >= 11 is 1.35. The van der Waals surface area contributed by atoms with Gasteiger partial charge in [0.25, 0.3) is 5.91 Å². The second-order valence-electron chi connectivity index (χ2n) is 5.47. The fourth-order valence-electron chi connectivity index (χ4n) is 2.64. The van der Waals surface area contributed by atoms with Crippen LogP contribution in [0.3, 0.4) is 0 Å². The molecule has 0 spiro atoms. The first kappa shape index (κ1) is 14.8. The molecule has 1 aliphatic carbocycles. The number of carboxylic acids is 1. The fourth-order valence-corrected chi connectivity index (χ4v) is 3.40. The minimum absolute atomic E-state index is 0.0930. The number of aromatic nitrogens is 1. The lowest BCUT2D eigenvalue weighted by molar-refractivity contribution is -0.141. The van der Waals surface area contributed by atoms with Crippen molar-refractivity contribution in [3.8, 4) is 10.8 Å². The van der Waals surface area contributed by atoms with E-state index in [9.17, 15) is 9.59 Å². The largest absolute Gasteiger partial charge is 0.481 e. The average Bonchev–Trinajstić information content (AvgIpc) is 3.16. The van der Waals surface area contributed by atoms with Crippen molar-refractivity contribution in [3.05, 3.63) is 29.0 Å². The second kappa shape index (κ2) is 5.92. The van der Waals surface area contributed by atoms with Crippen LogP contribution >= 0.6 is 11.3 Å². The Morgan fingerprint density at radius 1 is 1.41 bits per heavy atom. The van der Waals surface area contributed by atoms with E-state index in [2.05, 4.69) is 10.3 Å². The van der Waals surface area contributed by atoms with Crippen LogP contribution in [0.1, 0.15) is 35.5 Å². The summed E-state index contributed by atoms with van der Waals surface area (Å²) in [7, 11) is 0. The highest BCUT2D eigenvalue weighted by atomic mass is 32.1. The lowest BCUT2D eigenvalue weighted by Gasteiger charge is -2.10. The SMILES string of the molecule is Cc1ccc(-c2nc(C(=O)N[C@@H]3CC[C@H](C(=O)O)C3)cs2)o1. The van der Waals surface area contributed by atoms with Gasteiger partial charge in [-0.2, -0.15) is 0 Å². The number of aryl methyl sites for hydroxylation is 1. The number of hydrogen-bond acceptors (Lipinski definition) is 5. The van der Waals surface area contributed by atoms with E-state index in [1.165, 1.54) is 11.3 Å². The molecule has 0 aromatic carbocycles. The molecule has 7 heteroatoms. The quantitative estimate of drug-likeness (QED) is 0.903. The summed E-state index contributed by atoms with van der Waals surface area (Å²) < 4.78 is 5.49. The molecule has 3 rings (SSSR count). The highest BCUT2D eigenvalue weighted by Crippen LogP contribution is 2.27. The van der Waals surface area contributed by atoms with Crippen LogP contribution in [0.2, 0.25) is 0 Å². The Kier molecular flexibility index (Phi) is 3.98. The third-order valence-electron chi connectivity index (χ3n) is 3.81. The molecule has 0 unspecified atom stereocenters. The molecule has 0 aliphatic heterocycles. The number of hydrogen-bond donors (Lipinski definition) is 2. The molecule has 0 bridgehead atoms. The number of carbonyl (C=O) groups excluding carboxylic acids is 1. The van der Waals surface area contributed by atoms with E-state index in [1.807, 2.05) is 19.1 Å². The first-order chi connectivity index (χ1) is 10.5. The van der Waals surface area contributed by atoms with Crippen molar-refractivity contribution >= 4 is 23.2 Å². The number of amides is 1. The highest BCUT2D eigenvalue weighted by molar-refractivity contribution is 7.13. The van der Waals surface area contributed by atoms with Gasteiger partial charge in [0.2, 0.25) is 0 Å². The predicted molar refractivity (Wildman–Crippen MR) is 80.8 cm³/mol. The van der Waals surface area contributed by atoms with Crippen molar-refractivity contribution in [2.24, 2.45) is 5.92 Å². The van der Waals surface area contributed by atoms with Gasteiger partial charge in [0.15, 0.2) is 10.8 Å². The maximum atomic E-state index is 12.2. The number of aliphatic carboxylic acids is 1. The van der Waals surface area contributed by atoms with Crippen LogP contribution in [-0.2, 0) is 4.79 Å². The van der Waals surface area contributed by atoms with Crippen LogP contribution in [0.5, 0.6) is 0 Å². The van der Waals surface area contributed by atoms with Gasteiger partial charge in [-0.3, -0.25) is 9.59 Å². The van der Waals surface area contributed by atoms with Crippen LogP contribution in [0.25, 0.3) is 10.8 Å². The standard InChI is InChI=1S/C15H16N2O4S/c1-8-2-5-12(21-8)14-17-11(7-22-14)13(18)16-10-4-3-9(6-10)15(19)20/h2,5,7,9-10H,3-4,6H2,1H3,(H,16,18)(H,19,20)/t9-,10+/m0/s1. The van der Waals surface area contributed by atoms with Crippen LogP contribution in [0.15, 0.2) is 21.9 Å². The normalized spacial score (nSPS) is 21.0. The van der Waals surface area contributed by atoms with Crippen molar-refractivity contribution in [2.75, 3.05) is 0 Å². The molecule has 1 amide bonds. The average molecular weight is 320 g/mol. The van der Waals surface area contributed by atoms with E-state index >= 15 is 0 Å². The number of nitrogens with one attached hydrogen (secondary N) is 1. The molecule has 2 N–H and O–H groups in total. The Bertz CT molecular complexity index is 706. The van der Waals surface area contributed by atoms with Gasteiger partial charge in [0, 0.05) is 11.4 Å². The first-order valence-corrected chi connectivity index (χ1v) is 7.97. The third kappa shape index (κ3) is 3.04. The second-order valence-corrected chi connectivity index (χ2v) is 6.32. The Balaban J connectivity index is 1.64. The summed E-state index contributed by atoms with van der Waals surface area (Å²) in [6, 6.07) is 3.58. The number of nitrogens with zero attached hydrogens (tertiary/aromatic N) is 1. The summed E-state index contributed by atoms with van der Waals surface area (Å²) in [5.74, 6) is 0.0281. The summed E-state index contributed by atoms with van der Waals surface area (Å²) in [5.41, 5.74) is 0.341. The first-order valence-electron chi connectivity index (χ1n) is 7.09. The number of furan rings is 1. The molecule has 2 heterocycles. The zero-order valence-corrected chi connectivity index (χ0v) is 12.9. The zero-order chi connectivity index (χ0) is 15.7. The van der Waals surface area contributed by atoms with Gasteiger partial charge in [-0.05, 0) is 38.3 Å². The maximum Gasteiger partial charge on any atom is 0.306 e. The van der Waals surface area contributed by atoms with Crippen molar-refractivity contribution in [2.45, 2.75) is 32.2 Å². The van der Waals surface area contributed by atoms with Crippen LogP contribution in [0, 0.1) is 12.8 Å². The Morgan fingerprint density at radius 2 is 2.23 bits per heavy atom. The molecule has 1 aliphatic rings. The predicted octanol–water partition coefficient (Wildman–Crippen LogP) is 2.69. The molecule has 2 atom stereocenters. The maximum absolute atomic E-state index is 12.2. The van der Waals surface area contributed by atoms with Crippen molar-refractivity contribution in [3.63, 3.8) is 0 Å². The molecular weight excluding hydrogens is 304 g/mol. The Morgan fingerprint density at radius 3 is 2.86 bits per heavy atom. The number of rotatable bonds is 4. The molecule has 1 fully saturated rings. The van der Waals surface area contributed by atoms with Gasteiger partial charge >= 0.3 is 5.97 Å². The Labute approximate surface area is 131 Å². The molecule has 0 radical (unpaired) electrons. The molecular formula is C15H16N2O4S. The van der Waals surface area contributed by atoms with Gasteiger partial charge in [-0.25, -0.2) is 4.98 Å². The van der Waals surface area contributed by atoms with Gasteiger partial charge in [0.1, 0.15) is 11.5 Å². The van der Waals surface area contributed by atoms with E-state index in [4.69, 9.17) is 9.52 Å². The summed E-state index contributed by atoms with van der Waals surface area (Å²) in [4.78, 5) is 27.4. The molecule has 1 saturated carbocycles. The van der Waals surface area contributed by atoms with E-state index in [-0.39, 0.29) is 17.9 Å². The van der Waals surface area contributed by atoms with Gasteiger partial charge in [0.05, 0.1) is 5.92 Å². The van der Waals surface area contributed by atoms with Gasteiger partial charge in [-0.1, -0.05) is 0 Å². The molecule has 22 heavy (non-hydrogen) atoms. The van der Waals surface area contributed by atoms with Crippen LogP contribution in [-0.4, -0.2) is 28.0 Å². The van der Waals surface area contributed by atoms with E-state index in [0.717, 1.165) is 5.76 Å². The van der Waals surface area contributed by atoms with Crippen molar-refractivity contribution < 1.29 is 19.1 Å². The van der Waals surface area contributed by atoms with Crippen LogP contribution in [0.4, 0.5) is 0 Å². The third-order valence-corrected chi connectivity index (χ3v) is 4.66. The fraction of sp³-hybridized carbons (Fsp3) is 0.400. The molecule has 0 saturated heterocycles. The minimum atomic E-state index is -0.791. The van der Waals surface area contributed by atoms with Crippen molar-refractivity contribution in [1.82, 2.24) is 10.3 Å². The number of thiazole rings is 1. The minimum Gasteiger partial charge on any atom is -0.481 e. The summed E-state index contributed by atoms with van der Waals surface area (Å²) in [6.07, 6.45) is 1.78. The van der Waals surface area contributed by atoms with Gasteiger partial charge in [-0.15, -0.1) is 11.3 Å². The van der Waals surface area contributed by atoms with E-state index in [1.54, 1.807) is 5.38 Å². The van der Waals surface area contributed by atoms with Crippen LogP contribution < -0.4 is 5.32 Å². The molecule has 116 valence electrons. The number of carboxylic acid groups (broad SMARTS) is 1. The van der Waals surface area contributed by atoms with Crippen molar-refractivity contribution in [1.29, 1.82) is 0 Å². The molecule has 2 aromatic rings. The molecule has 6 nitrogen and oxygen atoms in total. The van der Waals surface area contributed by atoms with E-state index < -0.39 is 5.97 Å². The Hall–Kier alpha value is -2.15. The molecule has 2 aromatic heterocycles. The smallest absolute Gasteiger partial charge is 0.306 e.